The molecule has 3 aromatic heterocycles. The summed E-state index contributed by atoms with van der Waals surface area (Å²) in [5, 5.41) is 2.74. The fraction of sp³-hybridized carbons (Fsp3) is 0.0500. The van der Waals surface area contributed by atoms with Crippen LogP contribution in [0.15, 0.2) is 67.3 Å². The molecule has 1 N–H and O–H groups in total. The summed E-state index contributed by atoms with van der Waals surface area (Å²) in [6.07, 6.45) is 7.93. The Bertz CT molecular complexity index is 1070. The number of benzene rings is 1. The molecule has 26 heavy (non-hydrogen) atoms. The van der Waals surface area contributed by atoms with E-state index < -0.39 is 0 Å². The van der Waals surface area contributed by atoms with Gasteiger partial charge in [-0.15, -0.1) is 0 Å². The number of carbonyl (C=O) groups is 1. The van der Waals surface area contributed by atoms with E-state index in [1.54, 1.807) is 25.7 Å². The first-order valence-electron chi connectivity index (χ1n) is 8.06. The fourth-order valence-corrected chi connectivity index (χ4v) is 2.96. The van der Waals surface area contributed by atoms with Crippen molar-refractivity contribution in [1.29, 1.82) is 0 Å². The van der Waals surface area contributed by atoms with Crippen molar-refractivity contribution in [2.75, 3.05) is 12.4 Å². The van der Waals surface area contributed by atoms with Crippen LogP contribution in [-0.2, 0) is 4.79 Å². The third-order valence-electron chi connectivity index (χ3n) is 4.20. The Morgan fingerprint density at radius 2 is 1.92 bits per heavy atom. The molecule has 4 rings (SSSR count). The van der Waals surface area contributed by atoms with Gasteiger partial charge in [0.2, 0.25) is 6.41 Å². The number of ether oxygens (including phenoxy) is 1. The maximum absolute atomic E-state index is 11.1. The van der Waals surface area contributed by atoms with Crippen molar-refractivity contribution < 1.29 is 9.53 Å². The minimum absolute atomic E-state index is 0.642. The Balaban J connectivity index is 1.95. The van der Waals surface area contributed by atoms with Crippen LogP contribution in [-0.4, -0.2) is 27.9 Å². The molecule has 6 heteroatoms. The lowest BCUT2D eigenvalue weighted by Gasteiger charge is -2.10. The molecule has 6 nitrogen and oxygen atoms in total. The van der Waals surface area contributed by atoms with Gasteiger partial charge in [0.1, 0.15) is 5.75 Å². The first-order chi connectivity index (χ1) is 12.8. The number of anilines is 1. The van der Waals surface area contributed by atoms with E-state index in [9.17, 15) is 4.79 Å². The van der Waals surface area contributed by atoms with Crippen LogP contribution in [0.3, 0.4) is 0 Å². The minimum atomic E-state index is 0.642. The number of fused-ring (bicyclic) bond motifs is 1. The van der Waals surface area contributed by atoms with Crippen LogP contribution in [0.5, 0.6) is 5.75 Å². The van der Waals surface area contributed by atoms with Crippen LogP contribution in [0.2, 0.25) is 0 Å². The van der Waals surface area contributed by atoms with E-state index in [4.69, 9.17) is 4.74 Å². The second-order valence-electron chi connectivity index (χ2n) is 5.71. The quantitative estimate of drug-likeness (QED) is 0.561. The number of pyridine rings is 2. The molecule has 0 saturated carbocycles. The molecule has 0 spiro atoms. The van der Waals surface area contributed by atoms with Gasteiger partial charge in [0.05, 0.1) is 24.7 Å². The van der Waals surface area contributed by atoms with Gasteiger partial charge in [-0.25, -0.2) is 4.98 Å². The standard InChI is InChI=1S/C20H16N4O2/c1-26-17-4-2-3-15(9-17)19-11-22-20-18(23-13-25)10-16(12-24(19)20)14-5-7-21-8-6-14/h2-13H,1H3,(H,23,25). The van der Waals surface area contributed by atoms with E-state index in [0.717, 1.165) is 28.1 Å². The number of amides is 1. The largest absolute Gasteiger partial charge is 0.497 e. The summed E-state index contributed by atoms with van der Waals surface area (Å²) in [5.41, 5.74) is 5.15. The normalized spacial score (nSPS) is 10.7. The summed E-state index contributed by atoms with van der Waals surface area (Å²) in [4.78, 5) is 19.6. The highest BCUT2D eigenvalue weighted by Gasteiger charge is 2.12. The van der Waals surface area contributed by atoms with Gasteiger partial charge in [0, 0.05) is 29.7 Å². The summed E-state index contributed by atoms with van der Waals surface area (Å²) >= 11 is 0. The Labute approximate surface area is 150 Å². The van der Waals surface area contributed by atoms with Gasteiger partial charge in [-0.05, 0) is 35.9 Å². The van der Waals surface area contributed by atoms with E-state index in [0.29, 0.717) is 17.7 Å². The molecule has 0 saturated heterocycles. The third-order valence-corrected chi connectivity index (χ3v) is 4.20. The minimum Gasteiger partial charge on any atom is -0.497 e. The Kier molecular flexibility index (Phi) is 4.07. The van der Waals surface area contributed by atoms with E-state index in [1.165, 1.54) is 0 Å². The first-order valence-corrected chi connectivity index (χ1v) is 8.06. The van der Waals surface area contributed by atoms with Gasteiger partial charge in [0.15, 0.2) is 5.65 Å². The first kappa shape index (κ1) is 15.8. The molecule has 0 atom stereocenters. The number of nitrogens with one attached hydrogen (secondary N) is 1. The van der Waals surface area contributed by atoms with Crippen molar-refractivity contribution in [3.05, 3.63) is 67.3 Å². The lowest BCUT2D eigenvalue weighted by atomic mass is 10.1. The van der Waals surface area contributed by atoms with Gasteiger partial charge in [-0.3, -0.25) is 14.2 Å². The maximum atomic E-state index is 11.1. The molecule has 1 aromatic carbocycles. The summed E-state index contributed by atoms with van der Waals surface area (Å²) in [6, 6.07) is 13.5. The summed E-state index contributed by atoms with van der Waals surface area (Å²) in [7, 11) is 1.64. The smallest absolute Gasteiger partial charge is 0.211 e. The highest BCUT2D eigenvalue weighted by molar-refractivity contribution is 5.86. The lowest BCUT2D eigenvalue weighted by molar-refractivity contribution is -0.105. The molecule has 0 radical (unpaired) electrons. The number of aromatic nitrogens is 3. The molecular weight excluding hydrogens is 328 g/mol. The lowest BCUT2D eigenvalue weighted by Crippen LogP contribution is -1.99. The SMILES string of the molecule is COc1cccc(-c2cnc3c(NC=O)cc(-c4ccncc4)cn23)c1. The molecule has 0 unspecified atom stereocenters. The monoisotopic (exact) mass is 344 g/mol. The average Bonchev–Trinajstić information content (AvgIpc) is 3.13. The Morgan fingerprint density at radius 3 is 2.69 bits per heavy atom. The number of methoxy groups -OCH3 is 1. The number of imidazole rings is 1. The number of rotatable bonds is 5. The predicted octanol–water partition coefficient (Wildman–Crippen LogP) is 3.64. The van der Waals surface area contributed by atoms with E-state index in [2.05, 4.69) is 15.3 Å². The molecule has 0 aliphatic carbocycles. The summed E-state index contributed by atoms with van der Waals surface area (Å²) in [6.45, 7) is 0. The number of carbonyl (C=O) groups excluding carboxylic acids is 1. The van der Waals surface area contributed by atoms with Gasteiger partial charge in [-0.2, -0.15) is 0 Å². The molecule has 0 aliphatic heterocycles. The van der Waals surface area contributed by atoms with Crippen LogP contribution < -0.4 is 10.1 Å². The van der Waals surface area contributed by atoms with E-state index in [1.807, 2.05) is 53.1 Å². The second kappa shape index (κ2) is 6.68. The maximum Gasteiger partial charge on any atom is 0.211 e. The molecule has 4 aromatic rings. The van der Waals surface area contributed by atoms with E-state index >= 15 is 0 Å². The van der Waals surface area contributed by atoms with Crippen LogP contribution >= 0.6 is 0 Å². The van der Waals surface area contributed by atoms with Crippen LogP contribution in [0.1, 0.15) is 0 Å². The van der Waals surface area contributed by atoms with Crippen molar-refractivity contribution in [3.63, 3.8) is 0 Å². The van der Waals surface area contributed by atoms with Crippen molar-refractivity contribution in [1.82, 2.24) is 14.4 Å². The van der Waals surface area contributed by atoms with Crippen LogP contribution in [0.4, 0.5) is 5.69 Å². The molecular formula is C20H16N4O2. The fourth-order valence-electron chi connectivity index (χ4n) is 2.96. The van der Waals surface area contributed by atoms with Crippen LogP contribution in [0, 0.1) is 0 Å². The zero-order chi connectivity index (χ0) is 17.9. The summed E-state index contributed by atoms with van der Waals surface area (Å²) in [5.74, 6) is 0.772. The zero-order valence-electron chi connectivity index (χ0n) is 14.1. The second-order valence-corrected chi connectivity index (χ2v) is 5.71. The van der Waals surface area contributed by atoms with Crippen molar-refractivity contribution in [2.45, 2.75) is 0 Å². The Morgan fingerprint density at radius 1 is 1.08 bits per heavy atom. The Hall–Kier alpha value is -3.67. The molecule has 0 fully saturated rings. The van der Waals surface area contributed by atoms with E-state index in [-0.39, 0.29) is 0 Å². The highest BCUT2D eigenvalue weighted by atomic mass is 16.5. The van der Waals surface area contributed by atoms with Gasteiger partial charge in [-0.1, -0.05) is 12.1 Å². The summed E-state index contributed by atoms with van der Waals surface area (Å²) < 4.78 is 7.29. The van der Waals surface area contributed by atoms with Gasteiger partial charge >= 0.3 is 0 Å². The number of nitrogens with zero attached hydrogens (tertiary/aromatic N) is 3. The number of hydrogen-bond donors (Lipinski definition) is 1. The molecule has 0 bridgehead atoms. The van der Waals surface area contributed by atoms with Crippen molar-refractivity contribution >= 4 is 17.7 Å². The average molecular weight is 344 g/mol. The predicted molar refractivity (Wildman–Crippen MR) is 100 cm³/mol. The van der Waals surface area contributed by atoms with Gasteiger partial charge in [0.25, 0.3) is 0 Å². The van der Waals surface area contributed by atoms with Crippen molar-refractivity contribution in [2.24, 2.45) is 0 Å². The molecule has 3 heterocycles. The third kappa shape index (κ3) is 2.77. The zero-order valence-corrected chi connectivity index (χ0v) is 14.1. The molecule has 0 aliphatic rings. The van der Waals surface area contributed by atoms with Gasteiger partial charge < -0.3 is 10.1 Å². The van der Waals surface area contributed by atoms with Crippen LogP contribution in [0.25, 0.3) is 28.0 Å². The molecule has 128 valence electrons. The van der Waals surface area contributed by atoms with Crippen molar-refractivity contribution in [3.8, 4) is 28.1 Å². The number of hydrogen-bond acceptors (Lipinski definition) is 4. The molecule has 1 amide bonds. The topological polar surface area (TPSA) is 68.5 Å². The highest BCUT2D eigenvalue weighted by Crippen LogP contribution is 2.30.